The lowest BCUT2D eigenvalue weighted by Crippen LogP contribution is -2.25. The smallest absolute Gasteiger partial charge is 0.326 e. The zero-order valence-electron chi connectivity index (χ0n) is 7.26. The minimum absolute atomic E-state index is 0.0283. The molecular formula is C6H15N2O4P. The minimum atomic E-state index is -3.98. The van der Waals surface area contributed by atoms with Gasteiger partial charge in [0.1, 0.15) is 6.23 Å². The van der Waals surface area contributed by atoms with Gasteiger partial charge in [-0.15, -0.1) is 0 Å². The number of rotatable bonds is 0. The number of hydrogen-bond acceptors (Lipinski definition) is 5. The summed E-state index contributed by atoms with van der Waals surface area (Å²) in [5, 5.41) is 0. The molecule has 3 unspecified atom stereocenters. The van der Waals surface area contributed by atoms with Gasteiger partial charge in [-0.05, 0) is 19.3 Å². The highest BCUT2D eigenvalue weighted by atomic mass is 31.2. The predicted octanol–water partition coefficient (Wildman–Crippen LogP) is -0.0840. The molecule has 1 aliphatic rings. The van der Waals surface area contributed by atoms with E-state index in [4.69, 9.17) is 16.4 Å². The Labute approximate surface area is 76.8 Å². The molecule has 0 aromatic heterocycles. The maximum Gasteiger partial charge on any atom is 0.473 e. The second kappa shape index (κ2) is 4.50. The van der Waals surface area contributed by atoms with E-state index in [-0.39, 0.29) is 12.6 Å². The molecule has 0 aromatic carbocycles. The Bertz CT molecular complexity index is 213. The molecular weight excluding hydrogens is 195 g/mol. The normalized spacial score (nSPS) is 43.3. The second-order valence-electron chi connectivity index (χ2n) is 3.10. The summed E-state index contributed by atoms with van der Waals surface area (Å²) in [6, 6.07) is -0.227. The van der Waals surface area contributed by atoms with Gasteiger partial charge in [0, 0.05) is 6.04 Å². The number of nitrogens with two attached hydrogens (primary N) is 2. The van der Waals surface area contributed by atoms with Crippen LogP contribution in [0.4, 0.5) is 0 Å². The molecule has 0 radical (unpaired) electrons. The largest absolute Gasteiger partial charge is 0.473 e. The summed E-state index contributed by atoms with van der Waals surface area (Å²) in [6.07, 6.45) is 1.26. The number of hydrogen-bond donors (Lipinski definition) is 3. The molecule has 5 N–H and O–H groups in total. The molecule has 0 aliphatic carbocycles. The number of phosphoric acid groups is 1. The molecule has 1 rings (SSSR count). The highest BCUT2D eigenvalue weighted by molar-refractivity contribution is 7.47. The topological polar surface area (TPSA) is 108 Å². The lowest BCUT2D eigenvalue weighted by molar-refractivity contribution is 0.107. The van der Waals surface area contributed by atoms with Gasteiger partial charge >= 0.3 is 7.82 Å². The van der Waals surface area contributed by atoms with Crippen LogP contribution in [0.25, 0.3) is 0 Å². The second-order valence-corrected chi connectivity index (χ2v) is 4.51. The van der Waals surface area contributed by atoms with Crippen LogP contribution in [0.3, 0.4) is 0 Å². The van der Waals surface area contributed by atoms with Gasteiger partial charge in [-0.25, -0.2) is 4.57 Å². The molecule has 1 fully saturated rings. The highest BCUT2D eigenvalue weighted by Crippen LogP contribution is 2.45. The van der Waals surface area contributed by atoms with Gasteiger partial charge in [-0.2, -0.15) is 0 Å². The van der Waals surface area contributed by atoms with Crippen molar-refractivity contribution in [2.24, 2.45) is 11.5 Å². The van der Waals surface area contributed by atoms with E-state index in [0.717, 1.165) is 12.8 Å². The van der Waals surface area contributed by atoms with Gasteiger partial charge in [-0.1, -0.05) is 0 Å². The molecule has 0 saturated carbocycles. The summed E-state index contributed by atoms with van der Waals surface area (Å²) < 4.78 is 20.3. The summed E-state index contributed by atoms with van der Waals surface area (Å²) in [5.41, 5.74) is 11.0. The van der Waals surface area contributed by atoms with E-state index in [1.54, 1.807) is 0 Å². The van der Waals surface area contributed by atoms with Crippen molar-refractivity contribution in [3.63, 3.8) is 0 Å². The van der Waals surface area contributed by atoms with Crippen LogP contribution in [-0.2, 0) is 13.6 Å². The molecule has 1 heterocycles. The fourth-order valence-electron chi connectivity index (χ4n) is 1.11. The van der Waals surface area contributed by atoms with E-state index in [0.29, 0.717) is 6.42 Å². The monoisotopic (exact) mass is 210 g/mol. The van der Waals surface area contributed by atoms with E-state index < -0.39 is 14.1 Å². The third kappa shape index (κ3) is 4.17. The van der Waals surface area contributed by atoms with E-state index >= 15 is 0 Å². The SMILES string of the molecule is NC1CCCC(N)OP(=O)(O)OC1. The fraction of sp³-hybridized carbons (Fsp3) is 1.00. The van der Waals surface area contributed by atoms with Gasteiger partial charge in [0.25, 0.3) is 0 Å². The molecule has 0 bridgehead atoms. The lowest BCUT2D eigenvalue weighted by atomic mass is 10.1. The van der Waals surface area contributed by atoms with E-state index in [1.807, 2.05) is 0 Å². The van der Waals surface area contributed by atoms with Gasteiger partial charge in [-0.3, -0.25) is 9.05 Å². The molecule has 13 heavy (non-hydrogen) atoms. The summed E-state index contributed by atoms with van der Waals surface area (Å²) in [5.74, 6) is 0. The Kier molecular flexibility index (Phi) is 3.85. The average Bonchev–Trinajstić information content (AvgIpc) is 2.03. The van der Waals surface area contributed by atoms with Crippen molar-refractivity contribution in [1.82, 2.24) is 0 Å². The Morgan fingerprint density at radius 1 is 1.38 bits per heavy atom. The molecule has 0 amide bonds. The van der Waals surface area contributed by atoms with Crippen LogP contribution in [0, 0.1) is 0 Å². The molecule has 3 atom stereocenters. The predicted molar refractivity (Wildman–Crippen MR) is 46.7 cm³/mol. The van der Waals surface area contributed by atoms with Crippen LogP contribution >= 0.6 is 7.82 Å². The summed E-state index contributed by atoms with van der Waals surface area (Å²) in [6.45, 7) is 0.0283. The van der Waals surface area contributed by atoms with Crippen molar-refractivity contribution in [2.45, 2.75) is 31.5 Å². The zero-order chi connectivity index (χ0) is 9.90. The maximum atomic E-state index is 11.1. The third-order valence-electron chi connectivity index (χ3n) is 1.78. The summed E-state index contributed by atoms with van der Waals surface area (Å²) in [7, 11) is -3.98. The first kappa shape index (κ1) is 11.1. The Hall–Kier alpha value is 0.0300. The van der Waals surface area contributed by atoms with E-state index in [9.17, 15) is 4.57 Å². The standard InChI is InChI=1S/C6H15N2O4P/c7-5-2-1-3-6(8)12-13(9,10)11-4-5/h5-6H,1-4,7-8H2,(H,9,10). The molecule has 0 aromatic rings. The van der Waals surface area contributed by atoms with Gasteiger partial charge < -0.3 is 16.4 Å². The molecule has 6 nitrogen and oxygen atoms in total. The van der Waals surface area contributed by atoms with Gasteiger partial charge in [0.15, 0.2) is 0 Å². The fourth-order valence-corrected chi connectivity index (χ4v) is 2.00. The summed E-state index contributed by atoms with van der Waals surface area (Å²) in [4.78, 5) is 9.07. The van der Waals surface area contributed by atoms with Crippen molar-refractivity contribution in [1.29, 1.82) is 0 Å². The Balaban J connectivity index is 2.56. The van der Waals surface area contributed by atoms with Crippen LogP contribution in [0.5, 0.6) is 0 Å². The van der Waals surface area contributed by atoms with Crippen molar-refractivity contribution in [2.75, 3.05) is 6.61 Å². The summed E-state index contributed by atoms with van der Waals surface area (Å²) >= 11 is 0. The maximum absolute atomic E-state index is 11.1. The molecule has 0 spiro atoms. The highest BCUT2D eigenvalue weighted by Gasteiger charge is 2.27. The van der Waals surface area contributed by atoms with Crippen LogP contribution < -0.4 is 11.5 Å². The molecule has 1 saturated heterocycles. The first-order chi connectivity index (χ1) is 5.99. The Morgan fingerprint density at radius 3 is 2.77 bits per heavy atom. The lowest BCUT2D eigenvalue weighted by Gasteiger charge is -2.15. The van der Waals surface area contributed by atoms with Gasteiger partial charge in [0.2, 0.25) is 0 Å². The van der Waals surface area contributed by atoms with Crippen LogP contribution in [0.15, 0.2) is 0 Å². The Morgan fingerprint density at radius 2 is 2.08 bits per heavy atom. The van der Waals surface area contributed by atoms with Crippen molar-refractivity contribution in [3.8, 4) is 0 Å². The third-order valence-corrected chi connectivity index (χ3v) is 2.80. The first-order valence-electron chi connectivity index (χ1n) is 4.16. The first-order valence-corrected chi connectivity index (χ1v) is 5.66. The molecule has 78 valence electrons. The van der Waals surface area contributed by atoms with Crippen LogP contribution in [0.2, 0.25) is 0 Å². The van der Waals surface area contributed by atoms with Crippen molar-refractivity contribution in [3.05, 3.63) is 0 Å². The van der Waals surface area contributed by atoms with E-state index in [1.165, 1.54) is 0 Å². The molecule has 7 heteroatoms. The van der Waals surface area contributed by atoms with Crippen LogP contribution in [0.1, 0.15) is 19.3 Å². The quantitative estimate of drug-likeness (QED) is 0.482. The van der Waals surface area contributed by atoms with E-state index in [2.05, 4.69) is 9.05 Å². The van der Waals surface area contributed by atoms with Crippen molar-refractivity contribution < 1.29 is 18.5 Å². The van der Waals surface area contributed by atoms with Crippen LogP contribution in [-0.4, -0.2) is 23.8 Å². The zero-order valence-corrected chi connectivity index (χ0v) is 8.15. The minimum Gasteiger partial charge on any atom is -0.326 e. The number of phosphoric ester groups is 1. The average molecular weight is 210 g/mol. The van der Waals surface area contributed by atoms with Crippen molar-refractivity contribution >= 4 is 7.82 Å². The van der Waals surface area contributed by atoms with Gasteiger partial charge in [0.05, 0.1) is 6.61 Å². The molecule has 1 aliphatic heterocycles.